The van der Waals surface area contributed by atoms with Crippen LogP contribution in [0.15, 0.2) is 48.5 Å². The second-order valence-corrected chi connectivity index (χ2v) is 11.4. The highest BCUT2D eigenvalue weighted by Crippen LogP contribution is 2.38. The topological polar surface area (TPSA) is 136 Å². The van der Waals surface area contributed by atoms with Gasteiger partial charge < -0.3 is 25.5 Å². The smallest absolute Gasteiger partial charge is 0.321 e. The molecule has 1 atom stereocenters. The van der Waals surface area contributed by atoms with E-state index < -0.39 is 6.04 Å². The fourth-order valence-corrected chi connectivity index (χ4v) is 6.20. The fraction of sp³-hybridized carbons (Fsp3) is 0.387. The lowest BCUT2D eigenvalue weighted by Gasteiger charge is -2.30. The second kappa shape index (κ2) is 11.4. The van der Waals surface area contributed by atoms with Crippen LogP contribution in [0.5, 0.6) is 5.75 Å². The predicted octanol–water partition coefficient (Wildman–Crippen LogP) is 5.02. The number of nitrogens with one attached hydrogen (secondary N) is 3. The number of fused-ring (bicyclic) bond motifs is 1. The fourth-order valence-electron chi connectivity index (χ4n) is 6.20. The maximum absolute atomic E-state index is 12.7. The molecule has 2 amide bonds. The normalized spacial score (nSPS) is 18.5. The highest BCUT2D eigenvalue weighted by Gasteiger charge is 2.33. The lowest BCUT2D eigenvalue weighted by Crippen LogP contribution is -2.38. The molecule has 12 nitrogen and oxygen atoms in total. The average Bonchev–Trinajstić information content (AvgIpc) is 3.37. The standard InChI is InChI=1S/C31H36N10O2/c1-20-25-26(23-10-4-5-11-24(23)42)33-31(43)34-27(25)41(38-20)22-14-12-21(13-15-22)32-28-35-29(39-16-6-2-7-17-39)37-30(36-28)40-18-8-3-9-19-40/h4-5,10-15,26,42H,2-3,6-9,16-19H2,1H3,(H2,33,34,43)(H,32,35,36,37). The van der Waals surface area contributed by atoms with E-state index in [1.807, 2.05) is 37.3 Å². The SMILES string of the molecule is Cc1nn(-c2ccc(Nc3nc(N4CCCCC4)nc(N4CCCCC4)n3)cc2)c2c1C(c1ccccc1O)NC(=O)N2. The molecule has 0 saturated carbocycles. The van der Waals surface area contributed by atoms with Gasteiger partial charge in [0.1, 0.15) is 11.6 Å². The number of phenolic OH excluding ortho intramolecular Hbond substituents is 1. The van der Waals surface area contributed by atoms with Crippen molar-refractivity contribution in [1.29, 1.82) is 0 Å². The van der Waals surface area contributed by atoms with Crippen molar-refractivity contribution in [3.8, 4) is 11.4 Å². The van der Waals surface area contributed by atoms with E-state index in [0.29, 0.717) is 17.3 Å². The largest absolute Gasteiger partial charge is 0.508 e. The summed E-state index contributed by atoms with van der Waals surface area (Å²) >= 11 is 0. The number of urea groups is 1. The number of aryl methyl sites for hydroxylation is 1. The minimum atomic E-state index is -0.522. The van der Waals surface area contributed by atoms with Crippen molar-refractivity contribution in [2.75, 3.05) is 46.6 Å². The molecule has 5 heterocycles. The summed E-state index contributed by atoms with van der Waals surface area (Å²) in [5.74, 6) is 2.69. The molecule has 1 unspecified atom stereocenters. The maximum atomic E-state index is 12.7. The van der Waals surface area contributed by atoms with Gasteiger partial charge in [0.05, 0.1) is 17.4 Å². The second-order valence-electron chi connectivity index (χ2n) is 11.4. The van der Waals surface area contributed by atoms with Crippen LogP contribution in [0, 0.1) is 6.92 Å². The van der Waals surface area contributed by atoms with Gasteiger partial charge in [-0.3, -0.25) is 5.32 Å². The number of rotatable bonds is 6. The third kappa shape index (κ3) is 5.40. The lowest BCUT2D eigenvalue weighted by molar-refractivity contribution is 0.248. The minimum absolute atomic E-state index is 0.119. The summed E-state index contributed by atoms with van der Waals surface area (Å²) in [7, 11) is 0. The molecule has 43 heavy (non-hydrogen) atoms. The van der Waals surface area contributed by atoms with Gasteiger partial charge in [0, 0.05) is 43.0 Å². The zero-order valence-corrected chi connectivity index (χ0v) is 24.3. The van der Waals surface area contributed by atoms with Crippen molar-refractivity contribution in [3.63, 3.8) is 0 Å². The molecule has 2 saturated heterocycles. The summed E-state index contributed by atoms with van der Waals surface area (Å²) in [4.78, 5) is 31.7. The number of anilines is 5. The number of carbonyl (C=O) groups excluding carboxylic acids is 1. The van der Waals surface area contributed by atoms with Crippen molar-refractivity contribution in [3.05, 3.63) is 65.4 Å². The van der Waals surface area contributed by atoms with Gasteiger partial charge >= 0.3 is 6.03 Å². The zero-order valence-electron chi connectivity index (χ0n) is 24.3. The van der Waals surface area contributed by atoms with Gasteiger partial charge in [0.2, 0.25) is 17.8 Å². The van der Waals surface area contributed by atoms with Crippen LogP contribution in [0.2, 0.25) is 0 Å². The number of aromatic nitrogens is 5. The summed E-state index contributed by atoms with van der Waals surface area (Å²) in [6.07, 6.45) is 7.08. The lowest BCUT2D eigenvalue weighted by atomic mass is 9.96. The highest BCUT2D eigenvalue weighted by atomic mass is 16.3. The first-order valence-corrected chi connectivity index (χ1v) is 15.1. The van der Waals surface area contributed by atoms with E-state index in [2.05, 4.69) is 25.8 Å². The number of amides is 2. The molecule has 222 valence electrons. The maximum Gasteiger partial charge on any atom is 0.321 e. The number of aromatic hydroxyl groups is 1. The van der Waals surface area contributed by atoms with Crippen LogP contribution in [-0.4, -0.2) is 62.0 Å². The van der Waals surface area contributed by atoms with Crippen LogP contribution in [0.1, 0.15) is 61.4 Å². The van der Waals surface area contributed by atoms with E-state index in [0.717, 1.165) is 86.4 Å². The zero-order chi connectivity index (χ0) is 29.3. The summed E-state index contributed by atoms with van der Waals surface area (Å²) < 4.78 is 1.73. The number of piperidine rings is 2. The van der Waals surface area contributed by atoms with Gasteiger partial charge in [-0.15, -0.1) is 0 Å². The molecule has 12 heteroatoms. The van der Waals surface area contributed by atoms with E-state index in [4.69, 9.17) is 20.1 Å². The molecule has 0 bridgehead atoms. The van der Waals surface area contributed by atoms with Gasteiger partial charge in [-0.1, -0.05) is 18.2 Å². The van der Waals surface area contributed by atoms with Crippen LogP contribution in [-0.2, 0) is 0 Å². The number of carbonyl (C=O) groups is 1. The summed E-state index contributed by atoms with van der Waals surface area (Å²) in [5, 5.41) is 24.5. The number of nitrogens with zero attached hydrogens (tertiary/aromatic N) is 7. The van der Waals surface area contributed by atoms with Gasteiger partial charge in [-0.25, -0.2) is 9.48 Å². The Bertz CT molecular complexity index is 1590. The molecule has 2 fully saturated rings. The van der Waals surface area contributed by atoms with E-state index in [-0.39, 0.29) is 11.8 Å². The quantitative estimate of drug-likeness (QED) is 0.248. The molecular formula is C31H36N10O2. The Morgan fingerprint density at radius 2 is 1.47 bits per heavy atom. The Morgan fingerprint density at radius 1 is 0.837 bits per heavy atom. The number of hydrogen-bond acceptors (Lipinski definition) is 9. The third-order valence-corrected chi connectivity index (χ3v) is 8.41. The molecule has 0 aliphatic carbocycles. The van der Waals surface area contributed by atoms with Crippen LogP contribution >= 0.6 is 0 Å². The summed E-state index contributed by atoms with van der Waals surface area (Å²) in [6, 6.07) is 13.9. The molecule has 4 N–H and O–H groups in total. The van der Waals surface area contributed by atoms with Crippen LogP contribution in [0.3, 0.4) is 0 Å². The Morgan fingerprint density at radius 3 is 2.09 bits per heavy atom. The van der Waals surface area contributed by atoms with E-state index in [1.54, 1.807) is 22.9 Å². The Kier molecular flexibility index (Phi) is 7.17. The highest BCUT2D eigenvalue weighted by molar-refractivity contribution is 5.93. The van der Waals surface area contributed by atoms with Crippen LogP contribution in [0.25, 0.3) is 5.69 Å². The Labute approximate surface area is 250 Å². The molecule has 3 aliphatic heterocycles. The van der Waals surface area contributed by atoms with E-state index in [1.165, 1.54) is 12.8 Å². The van der Waals surface area contributed by atoms with Crippen molar-refractivity contribution in [2.24, 2.45) is 0 Å². The molecular weight excluding hydrogens is 544 g/mol. The molecule has 4 aromatic rings. The molecule has 7 rings (SSSR count). The van der Waals surface area contributed by atoms with Crippen molar-refractivity contribution < 1.29 is 9.90 Å². The Balaban J connectivity index is 1.17. The predicted molar refractivity (Wildman–Crippen MR) is 166 cm³/mol. The number of phenols is 1. The van der Waals surface area contributed by atoms with Gasteiger partial charge in [-0.2, -0.15) is 20.1 Å². The minimum Gasteiger partial charge on any atom is -0.508 e. The van der Waals surface area contributed by atoms with Gasteiger partial charge in [0.15, 0.2) is 0 Å². The number of para-hydroxylation sites is 1. The molecule has 2 aromatic carbocycles. The van der Waals surface area contributed by atoms with Crippen LogP contribution < -0.4 is 25.8 Å². The molecule has 2 aromatic heterocycles. The number of benzene rings is 2. The average molecular weight is 581 g/mol. The van der Waals surface area contributed by atoms with Crippen molar-refractivity contribution in [2.45, 2.75) is 51.5 Å². The summed E-state index contributed by atoms with van der Waals surface area (Å²) in [6.45, 7) is 5.74. The molecule has 0 spiro atoms. The first-order valence-electron chi connectivity index (χ1n) is 15.1. The van der Waals surface area contributed by atoms with Gasteiger partial charge in [-0.05, 0) is 75.8 Å². The monoisotopic (exact) mass is 580 g/mol. The molecule has 3 aliphatic rings. The first-order chi connectivity index (χ1) is 21.0. The van der Waals surface area contributed by atoms with Crippen molar-refractivity contribution >= 4 is 35.4 Å². The van der Waals surface area contributed by atoms with Crippen LogP contribution in [0.4, 0.5) is 34.1 Å². The van der Waals surface area contributed by atoms with E-state index in [9.17, 15) is 9.90 Å². The Hall–Kier alpha value is -4.87. The van der Waals surface area contributed by atoms with E-state index >= 15 is 0 Å². The van der Waals surface area contributed by atoms with Gasteiger partial charge in [0.25, 0.3) is 0 Å². The molecule has 0 radical (unpaired) electrons. The third-order valence-electron chi connectivity index (χ3n) is 8.41. The van der Waals surface area contributed by atoms with Crippen molar-refractivity contribution in [1.82, 2.24) is 30.0 Å². The number of hydrogen-bond donors (Lipinski definition) is 4. The summed E-state index contributed by atoms with van der Waals surface area (Å²) in [5.41, 5.74) is 3.79. The first kappa shape index (κ1) is 27.0.